The molecule has 2 aromatic carbocycles. The Morgan fingerprint density at radius 3 is 2.21 bits per heavy atom. The first-order valence-corrected chi connectivity index (χ1v) is 11.0. The number of nitrogens with zero attached hydrogens (tertiary/aromatic N) is 3. The van der Waals surface area contributed by atoms with Crippen LogP contribution in [0.15, 0.2) is 64.0 Å². The number of likely N-dealkylation sites (N-methyl/N-ethyl adjacent to an activating group) is 2. The van der Waals surface area contributed by atoms with E-state index in [0.717, 1.165) is 3.97 Å². The van der Waals surface area contributed by atoms with E-state index in [-0.39, 0.29) is 16.5 Å². The smallest absolute Gasteiger partial charge is 0.272 e. The molecule has 0 spiro atoms. The lowest BCUT2D eigenvalue weighted by Crippen LogP contribution is -2.35. The summed E-state index contributed by atoms with van der Waals surface area (Å²) >= 11 is 3.47. The van der Waals surface area contributed by atoms with Gasteiger partial charge in [0.1, 0.15) is 5.69 Å². The fourth-order valence-corrected chi connectivity index (χ4v) is 5.27. The van der Waals surface area contributed by atoms with E-state index in [2.05, 4.69) is 15.9 Å². The molecular formula is C20H22BrN3O3S. The molecule has 148 valence electrons. The summed E-state index contributed by atoms with van der Waals surface area (Å²) < 4.78 is 28.5. The van der Waals surface area contributed by atoms with Crippen molar-refractivity contribution in [2.24, 2.45) is 0 Å². The zero-order chi connectivity index (χ0) is 20.5. The minimum Gasteiger partial charge on any atom is -0.339 e. The third kappa shape index (κ3) is 3.72. The van der Waals surface area contributed by atoms with Crippen molar-refractivity contribution in [2.75, 3.05) is 34.2 Å². The molecular weight excluding hydrogens is 442 g/mol. The van der Waals surface area contributed by atoms with E-state index < -0.39 is 10.0 Å². The van der Waals surface area contributed by atoms with Crippen LogP contribution in [0.5, 0.6) is 0 Å². The van der Waals surface area contributed by atoms with Gasteiger partial charge >= 0.3 is 0 Å². The van der Waals surface area contributed by atoms with Gasteiger partial charge in [0.25, 0.3) is 15.9 Å². The van der Waals surface area contributed by atoms with Gasteiger partial charge in [-0.05, 0) is 48.2 Å². The molecule has 0 atom stereocenters. The quantitative estimate of drug-likeness (QED) is 0.562. The average Bonchev–Trinajstić information content (AvgIpc) is 2.99. The Morgan fingerprint density at radius 1 is 0.964 bits per heavy atom. The maximum absolute atomic E-state index is 13.4. The van der Waals surface area contributed by atoms with Gasteiger partial charge in [0.05, 0.1) is 14.9 Å². The molecule has 0 N–H and O–H groups in total. The molecule has 0 aliphatic rings. The van der Waals surface area contributed by atoms with Gasteiger partial charge in [-0.1, -0.05) is 36.4 Å². The largest absolute Gasteiger partial charge is 0.339 e. The van der Waals surface area contributed by atoms with Crippen molar-refractivity contribution in [1.29, 1.82) is 0 Å². The van der Waals surface area contributed by atoms with E-state index in [9.17, 15) is 13.2 Å². The Morgan fingerprint density at radius 2 is 1.57 bits per heavy atom. The summed E-state index contributed by atoms with van der Waals surface area (Å²) in [6.45, 7) is 1.15. The van der Waals surface area contributed by atoms with Crippen molar-refractivity contribution in [2.45, 2.75) is 4.90 Å². The Balaban J connectivity index is 2.22. The van der Waals surface area contributed by atoms with E-state index in [4.69, 9.17) is 0 Å². The maximum atomic E-state index is 13.4. The molecule has 3 aromatic rings. The third-order valence-corrected chi connectivity index (χ3v) is 7.01. The number of para-hydroxylation sites is 1. The van der Waals surface area contributed by atoms with E-state index >= 15 is 0 Å². The van der Waals surface area contributed by atoms with Crippen molar-refractivity contribution >= 4 is 42.8 Å². The van der Waals surface area contributed by atoms with E-state index in [1.165, 1.54) is 17.0 Å². The van der Waals surface area contributed by atoms with Gasteiger partial charge in [-0.15, -0.1) is 0 Å². The lowest BCUT2D eigenvalue weighted by Gasteiger charge is -2.21. The molecule has 6 nitrogen and oxygen atoms in total. The van der Waals surface area contributed by atoms with Crippen LogP contribution in [0.4, 0.5) is 0 Å². The van der Waals surface area contributed by atoms with Crippen LogP contribution in [0.3, 0.4) is 0 Å². The number of aromatic nitrogens is 1. The predicted octanol–water partition coefficient (Wildman–Crippen LogP) is 3.27. The van der Waals surface area contributed by atoms with Crippen LogP contribution in [0.2, 0.25) is 0 Å². The number of carbonyl (C=O) groups excluding carboxylic acids is 1. The molecule has 1 aromatic heterocycles. The number of carbonyl (C=O) groups is 1. The van der Waals surface area contributed by atoms with Crippen LogP contribution in [0, 0.1) is 0 Å². The molecule has 0 radical (unpaired) electrons. The summed E-state index contributed by atoms with van der Waals surface area (Å²) in [6, 6.07) is 15.2. The van der Waals surface area contributed by atoms with Gasteiger partial charge in [0.2, 0.25) is 0 Å². The van der Waals surface area contributed by atoms with Crippen molar-refractivity contribution in [3.63, 3.8) is 0 Å². The summed E-state index contributed by atoms with van der Waals surface area (Å²) in [6.07, 6.45) is 0. The third-order valence-electron chi connectivity index (χ3n) is 4.48. The molecule has 3 rings (SSSR count). The summed E-state index contributed by atoms with van der Waals surface area (Å²) in [7, 11) is 1.56. The second-order valence-electron chi connectivity index (χ2n) is 6.79. The first kappa shape index (κ1) is 20.6. The minimum atomic E-state index is -3.96. The summed E-state index contributed by atoms with van der Waals surface area (Å²) in [5.74, 6) is -0.357. The number of amides is 1. The van der Waals surface area contributed by atoms with E-state index in [0.29, 0.717) is 28.5 Å². The average molecular weight is 464 g/mol. The van der Waals surface area contributed by atoms with Gasteiger partial charge in [-0.2, -0.15) is 0 Å². The number of benzene rings is 2. The summed E-state index contributed by atoms with van der Waals surface area (Å²) in [5, 5.41) is 0.673. The maximum Gasteiger partial charge on any atom is 0.272 e. The van der Waals surface area contributed by atoms with Crippen molar-refractivity contribution < 1.29 is 13.2 Å². The summed E-state index contributed by atoms with van der Waals surface area (Å²) in [5.41, 5.74) is 0.564. The zero-order valence-corrected chi connectivity index (χ0v) is 18.4. The lowest BCUT2D eigenvalue weighted by molar-refractivity contribution is 0.0779. The Hall–Kier alpha value is -2.16. The van der Waals surface area contributed by atoms with Crippen LogP contribution >= 0.6 is 15.9 Å². The number of hydrogen-bond acceptors (Lipinski definition) is 4. The van der Waals surface area contributed by atoms with Gasteiger partial charge < -0.3 is 9.80 Å². The van der Waals surface area contributed by atoms with Crippen LogP contribution in [0.1, 0.15) is 10.5 Å². The SMILES string of the molecule is CN(C)CCN(C)C(=O)c1c(Br)c2ccccc2n1S(=O)(=O)c1ccccc1. The van der Waals surface area contributed by atoms with Crippen molar-refractivity contribution in [3.05, 3.63) is 64.8 Å². The molecule has 1 heterocycles. The molecule has 0 aliphatic carbocycles. The van der Waals surface area contributed by atoms with Gasteiger partial charge in [0, 0.05) is 25.5 Å². The van der Waals surface area contributed by atoms with Crippen molar-refractivity contribution in [3.8, 4) is 0 Å². The Bertz CT molecular complexity index is 1110. The Kier molecular flexibility index (Phi) is 5.92. The molecule has 0 fully saturated rings. The molecule has 28 heavy (non-hydrogen) atoms. The first-order chi connectivity index (χ1) is 13.2. The normalized spacial score (nSPS) is 11.9. The minimum absolute atomic E-state index is 0.103. The molecule has 0 saturated heterocycles. The Labute approximate surface area is 173 Å². The fraction of sp³-hybridized carbons (Fsp3) is 0.250. The topological polar surface area (TPSA) is 62.6 Å². The second kappa shape index (κ2) is 8.06. The van der Waals surface area contributed by atoms with Gasteiger partial charge in [0.15, 0.2) is 0 Å². The van der Waals surface area contributed by atoms with Crippen LogP contribution in [-0.2, 0) is 10.0 Å². The standard InChI is InChI=1S/C20H22BrN3O3S/c1-22(2)13-14-23(3)20(25)19-18(21)16-11-7-8-12-17(16)24(19)28(26,27)15-9-5-4-6-10-15/h4-12H,13-14H2,1-3H3. The highest BCUT2D eigenvalue weighted by Crippen LogP contribution is 2.34. The monoisotopic (exact) mass is 463 g/mol. The highest BCUT2D eigenvalue weighted by Gasteiger charge is 2.31. The number of halogens is 1. The van der Waals surface area contributed by atoms with Crippen LogP contribution < -0.4 is 0 Å². The second-order valence-corrected chi connectivity index (χ2v) is 9.37. The molecule has 0 saturated carbocycles. The zero-order valence-electron chi connectivity index (χ0n) is 16.0. The summed E-state index contributed by atoms with van der Waals surface area (Å²) in [4.78, 5) is 16.9. The molecule has 1 amide bonds. The molecule has 8 heteroatoms. The number of hydrogen-bond donors (Lipinski definition) is 0. The fourth-order valence-electron chi connectivity index (χ4n) is 2.93. The van der Waals surface area contributed by atoms with E-state index in [1.807, 2.05) is 25.1 Å². The van der Waals surface area contributed by atoms with Gasteiger partial charge in [-0.3, -0.25) is 4.79 Å². The van der Waals surface area contributed by atoms with Gasteiger partial charge in [-0.25, -0.2) is 12.4 Å². The lowest BCUT2D eigenvalue weighted by atomic mass is 10.2. The molecule has 0 aliphatic heterocycles. The van der Waals surface area contributed by atoms with Crippen LogP contribution in [0.25, 0.3) is 10.9 Å². The highest BCUT2D eigenvalue weighted by atomic mass is 79.9. The molecule has 0 bridgehead atoms. The number of rotatable bonds is 6. The molecule has 0 unspecified atom stereocenters. The van der Waals surface area contributed by atoms with Crippen molar-refractivity contribution in [1.82, 2.24) is 13.8 Å². The first-order valence-electron chi connectivity index (χ1n) is 8.75. The van der Waals surface area contributed by atoms with E-state index in [1.54, 1.807) is 43.4 Å². The van der Waals surface area contributed by atoms with Crippen LogP contribution in [-0.4, -0.2) is 62.3 Å². The number of fused-ring (bicyclic) bond motifs is 1. The highest BCUT2D eigenvalue weighted by molar-refractivity contribution is 9.10. The predicted molar refractivity (Wildman–Crippen MR) is 114 cm³/mol.